The average Bonchev–Trinajstić information content (AvgIpc) is 2.79. The number of amides is 1. The molecular weight excluding hydrogens is 497 g/mol. The zero-order valence-corrected chi connectivity index (χ0v) is 19.2. The molecule has 2 heterocycles. The third-order valence-electron chi connectivity index (χ3n) is 5.70. The van der Waals surface area contributed by atoms with E-state index in [0.29, 0.717) is 0 Å². The van der Waals surface area contributed by atoms with E-state index in [0.717, 1.165) is 63.0 Å². The molecule has 0 saturated carbocycles. The number of hydrogen-bond acceptors (Lipinski definition) is 3. The van der Waals surface area contributed by atoms with Gasteiger partial charge in [0.15, 0.2) is 0 Å². The molecule has 1 aromatic heterocycles. The van der Waals surface area contributed by atoms with Gasteiger partial charge in [-0.1, -0.05) is 48.5 Å². The molecule has 1 aliphatic heterocycles. The van der Waals surface area contributed by atoms with Crippen LogP contribution in [0.3, 0.4) is 0 Å². The van der Waals surface area contributed by atoms with Crippen LogP contribution in [0.5, 0.6) is 0 Å². The Hall–Kier alpha value is -2.77. The first kappa shape index (κ1) is 20.2. The summed E-state index contributed by atoms with van der Waals surface area (Å²) in [5.74, 6) is -0.0716. The van der Waals surface area contributed by atoms with Gasteiger partial charge in [0.1, 0.15) is 0 Å². The second kappa shape index (κ2) is 8.77. The highest BCUT2D eigenvalue weighted by atomic mass is 127. The third-order valence-corrected chi connectivity index (χ3v) is 6.42. The summed E-state index contributed by atoms with van der Waals surface area (Å²) in [6.07, 6.45) is 0.844. The Morgan fingerprint density at radius 1 is 0.968 bits per heavy atom. The molecule has 154 valence electrons. The number of anilines is 1. The number of pyridine rings is 1. The van der Waals surface area contributed by atoms with Gasteiger partial charge < -0.3 is 5.32 Å². The summed E-state index contributed by atoms with van der Waals surface area (Å²) in [6.45, 7) is 2.52. The number of benzene rings is 3. The minimum Gasteiger partial charge on any atom is -0.322 e. The fraction of sp³-hybridized carbons (Fsp3) is 0.154. The fourth-order valence-corrected chi connectivity index (χ4v) is 4.57. The van der Waals surface area contributed by atoms with Crippen molar-refractivity contribution in [1.82, 2.24) is 9.88 Å². The highest BCUT2D eigenvalue weighted by Crippen LogP contribution is 2.29. The van der Waals surface area contributed by atoms with Crippen molar-refractivity contribution >= 4 is 45.1 Å². The molecule has 0 aliphatic carbocycles. The summed E-state index contributed by atoms with van der Waals surface area (Å²) in [7, 11) is 0. The summed E-state index contributed by atoms with van der Waals surface area (Å²) in [6, 6.07) is 26.3. The maximum Gasteiger partial charge on any atom is 0.256 e. The second-order valence-corrected chi connectivity index (χ2v) is 9.08. The van der Waals surface area contributed by atoms with E-state index in [2.05, 4.69) is 57.1 Å². The molecule has 4 aromatic rings. The van der Waals surface area contributed by atoms with Gasteiger partial charge in [-0.05, 0) is 58.5 Å². The van der Waals surface area contributed by atoms with E-state index >= 15 is 0 Å². The van der Waals surface area contributed by atoms with Crippen LogP contribution in [-0.4, -0.2) is 22.3 Å². The van der Waals surface area contributed by atoms with Gasteiger partial charge in [0.2, 0.25) is 0 Å². The SMILES string of the molecule is O=C(Nc1ccc(I)cc1)c1c2c(nc3ccccc13)CCN(Cc1ccccc1)C2. The topological polar surface area (TPSA) is 45.2 Å². The van der Waals surface area contributed by atoms with Gasteiger partial charge in [-0.3, -0.25) is 14.7 Å². The van der Waals surface area contributed by atoms with Gasteiger partial charge >= 0.3 is 0 Å². The van der Waals surface area contributed by atoms with E-state index in [9.17, 15) is 4.79 Å². The molecule has 1 amide bonds. The van der Waals surface area contributed by atoms with Crippen LogP contribution in [0.25, 0.3) is 10.9 Å². The quantitative estimate of drug-likeness (QED) is 0.355. The van der Waals surface area contributed by atoms with Crippen LogP contribution >= 0.6 is 22.6 Å². The smallest absolute Gasteiger partial charge is 0.256 e. The van der Waals surface area contributed by atoms with Crippen molar-refractivity contribution in [3.63, 3.8) is 0 Å². The Morgan fingerprint density at radius 3 is 2.52 bits per heavy atom. The number of halogens is 1. The normalized spacial score (nSPS) is 13.7. The predicted octanol–water partition coefficient (Wildman–Crippen LogP) is 5.65. The van der Waals surface area contributed by atoms with E-state index in [1.165, 1.54) is 5.56 Å². The molecule has 0 fully saturated rings. The van der Waals surface area contributed by atoms with Gasteiger partial charge in [0.25, 0.3) is 5.91 Å². The standard InChI is InChI=1S/C26H22IN3O/c27-19-10-12-20(13-11-19)28-26(31)25-21-8-4-5-9-23(21)29-24-14-15-30(17-22(24)25)16-18-6-2-1-3-7-18/h1-13H,14-17H2,(H,28,31). The first-order chi connectivity index (χ1) is 15.2. The Labute approximate surface area is 195 Å². The number of carbonyl (C=O) groups excluding carboxylic acids is 1. The monoisotopic (exact) mass is 519 g/mol. The molecule has 0 bridgehead atoms. The molecule has 0 atom stereocenters. The van der Waals surface area contributed by atoms with Crippen molar-refractivity contribution in [2.75, 3.05) is 11.9 Å². The summed E-state index contributed by atoms with van der Waals surface area (Å²) < 4.78 is 1.14. The lowest BCUT2D eigenvalue weighted by atomic mass is 9.95. The molecule has 3 aromatic carbocycles. The van der Waals surface area contributed by atoms with Crippen LogP contribution in [0.1, 0.15) is 27.2 Å². The van der Waals surface area contributed by atoms with Crippen LogP contribution in [-0.2, 0) is 19.5 Å². The number of rotatable bonds is 4. The molecular formula is C26H22IN3O. The molecule has 0 radical (unpaired) electrons. The second-order valence-electron chi connectivity index (χ2n) is 7.84. The number of aromatic nitrogens is 1. The first-order valence-electron chi connectivity index (χ1n) is 10.4. The zero-order valence-electron chi connectivity index (χ0n) is 17.0. The molecule has 1 N–H and O–H groups in total. The van der Waals surface area contributed by atoms with Crippen molar-refractivity contribution in [1.29, 1.82) is 0 Å². The van der Waals surface area contributed by atoms with Crippen LogP contribution in [0.2, 0.25) is 0 Å². The summed E-state index contributed by atoms with van der Waals surface area (Å²) in [5.41, 5.74) is 5.80. The summed E-state index contributed by atoms with van der Waals surface area (Å²) in [4.78, 5) is 20.8. The molecule has 4 nitrogen and oxygen atoms in total. The number of para-hydroxylation sites is 1. The Kier molecular flexibility index (Phi) is 5.70. The number of nitrogens with one attached hydrogen (secondary N) is 1. The molecule has 31 heavy (non-hydrogen) atoms. The van der Waals surface area contributed by atoms with Crippen molar-refractivity contribution in [2.24, 2.45) is 0 Å². The number of fused-ring (bicyclic) bond motifs is 2. The minimum atomic E-state index is -0.0716. The van der Waals surface area contributed by atoms with Crippen molar-refractivity contribution < 1.29 is 4.79 Å². The van der Waals surface area contributed by atoms with Gasteiger partial charge in [0, 0.05) is 52.0 Å². The van der Waals surface area contributed by atoms with Gasteiger partial charge in [-0.25, -0.2) is 0 Å². The maximum absolute atomic E-state index is 13.5. The molecule has 0 unspecified atom stereocenters. The lowest BCUT2D eigenvalue weighted by Crippen LogP contribution is -2.32. The van der Waals surface area contributed by atoms with Gasteiger partial charge in [0.05, 0.1) is 11.1 Å². The number of nitrogens with zero attached hydrogens (tertiary/aromatic N) is 2. The van der Waals surface area contributed by atoms with Crippen molar-refractivity contribution in [3.05, 3.63) is 105 Å². The number of hydrogen-bond donors (Lipinski definition) is 1. The Morgan fingerprint density at radius 2 is 1.71 bits per heavy atom. The van der Waals surface area contributed by atoms with Crippen LogP contribution in [0.4, 0.5) is 5.69 Å². The van der Waals surface area contributed by atoms with Crippen LogP contribution < -0.4 is 5.32 Å². The number of carbonyl (C=O) groups is 1. The Balaban J connectivity index is 1.52. The molecule has 1 aliphatic rings. The van der Waals surface area contributed by atoms with E-state index in [-0.39, 0.29) is 5.91 Å². The molecule has 0 spiro atoms. The van der Waals surface area contributed by atoms with Crippen LogP contribution in [0.15, 0.2) is 78.9 Å². The predicted molar refractivity (Wildman–Crippen MR) is 133 cm³/mol. The van der Waals surface area contributed by atoms with E-state index in [4.69, 9.17) is 4.98 Å². The van der Waals surface area contributed by atoms with Crippen molar-refractivity contribution in [2.45, 2.75) is 19.5 Å². The lowest BCUT2D eigenvalue weighted by Gasteiger charge is -2.30. The average molecular weight is 519 g/mol. The largest absolute Gasteiger partial charge is 0.322 e. The zero-order chi connectivity index (χ0) is 21.2. The van der Waals surface area contributed by atoms with E-state index in [1.807, 2.05) is 54.6 Å². The summed E-state index contributed by atoms with van der Waals surface area (Å²) >= 11 is 2.27. The third kappa shape index (κ3) is 4.34. The highest BCUT2D eigenvalue weighted by molar-refractivity contribution is 14.1. The Bertz CT molecular complexity index is 1240. The molecule has 5 rings (SSSR count). The van der Waals surface area contributed by atoms with E-state index < -0.39 is 0 Å². The van der Waals surface area contributed by atoms with Gasteiger partial charge in [-0.2, -0.15) is 0 Å². The van der Waals surface area contributed by atoms with E-state index in [1.54, 1.807) is 0 Å². The maximum atomic E-state index is 13.5. The molecule has 0 saturated heterocycles. The highest BCUT2D eigenvalue weighted by Gasteiger charge is 2.26. The van der Waals surface area contributed by atoms with Gasteiger partial charge in [-0.15, -0.1) is 0 Å². The van der Waals surface area contributed by atoms with Crippen LogP contribution in [0, 0.1) is 3.57 Å². The lowest BCUT2D eigenvalue weighted by molar-refractivity contribution is 0.102. The van der Waals surface area contributed by atoms with Crippen molar-refractivity contribution in [3.8, 4) is 0 Å². The fourth-order valence-electron chi connectivity index (χ4n) is 4.21. The first-order valence-corrected chi connectivity index (χ1v) is 11.5. The minimum absolute atomic E-state index is 0.0716. The molecule has 5 heteroatoms. The summed E-state index contributed by atoms with van der Waals surface area (Å²) in [5, 5.41) is 4.01.